The Balaban J connectivity index is 2.71. The second-order valence-electron chi connectivity index (χ2n) is 3.10. The van der Waals surface area contributed by atoms with Crippen LogP contribution < -0.4 is 16.6 Å². The van der Waals surface area contributed by atoms with Crippen LogP contribution in [0.2, 0.25) is 0 Å². The Morgan fingerprint density at radius 1 is 1.71 bits per heavy atom. The van der Waals surface area contributed by atoms with E-state index in [0.29, 0.717) is 6.54 Å². The summed E-state index contributed by atoms with van der Waals surface area (Å²) in [5, 5.41) is 2.56. The third-order valence-electron chi connectivity index (χ3n) is 1.65. The van der Waals surface area contributed by atoms with Gasteiger partial charge < -0.3 is 16.0 Å². The zero-order valence-corrected chi connectivity index (χ0v) is 7.91. The largest absolute Gasteiger partial charge is 0.350 e. The summed E-state index contributed by atoms with van der Waals surface area (Å²) in [4.78, 5) is 25.0. The van der Waals surface area contributed by atoms with Gasteiger partial charge in [0.2, 0.25) is 0 Å². The van der Waals surface area contributed by atoms with E-state index in [-0.39, 0.29) is 11.6 Å². The highest BCUT2D eigenvalue weighted by molar-refractivity contribution is 5.93. The van der Waals surface area contributed by atoms with E-state index in [2.05, 4.69) is 10.3 Å². The average molecular weight is 195 g/mol. The lowest BCUT2D eigenvalue weighted by Gasteiger charge is -2.06. The van der Waals surface area contributed by atoms with E-state index in [1.54, 1.807) is 13.0 Å². The van der Waals surface area contributed by atoms with Crippen LogP contribution in [0, 0.1) is 0 Å². The van der Waals surface area contributed by atoms with Crippen LogP contribution in [0.15, 0.2) is 23.1 Å². The fourth-order valence-corrected chi connectivity index (χ4v) is 0.949. The molecule has 0 aliphatic rings. The number of nitrogens with one attached hydrogen (secondary N) is 2. The van der Waals surface area contributed by atoms with Crippen molar-refractivity contribution in [2.24, 2.45) is 5.73 Å². The molecule has 1 rings (SSSR count). The van der Waals surface area contributed by atoms with Gasteiger partial charge in [-0.05, 0) is 19.1 Å². The van der Waals surface area contributed by atoms with Crippen molar-refractivity contribution in [1.29, 1.82) is 0 Å². The third-order valence-corrected chi connectivity index (χ3v) is 1.65. The Labute approximate surface area is 81.3 Å². The van der Waals surface area contributed by atoms with Crippen LogP contribution >= 0.6 is 0 Å². The van der Waals surface area contributed by atoms with Crippen molar-refractivity contribution in [2.45, 2.75) is 13.0 Å². The Morgan fingerprint density at radius 2 is 2.43 bits per heavy atom. The maximum Gasteiger partial charge on any atom is 0.260 e. The fourth-order valence-electron chi connectivity index (χ4n) is 0.949. The van der Waals surface area contributed by atoms with Gasteiger partial charge in [-0.25, -0.2) is 0 Å². The number of hydrogen-bond acceptors (Lipinski definition) is 3. The summed E-state index contributed by atoms with van der Waals surface area (Å²) in [7, 11) is 0. The van der Waals surface area contributed by atoms with Crippen molar-refractivity contribution in [3.8, 4) is 0 Å². The molecule has 0 fully saturated rings. The molecule has 1 heterocycles. The third kappa shape index (κ3) is 2.70. The molecule has 0 aliphatic carbocycles. The molecule has 0 saturated carbocycles. The SMILES string of the molecule is CC(N)CNC(=O)c1ccc[nH]c1=O. The molecule has 76 valence electrons. The number of aromatic nitrogens is 1. The maximum absolute atomic E-state index is 11.4. The van der Waals surface area contributed by atoms with Gasteiger partial charge in [0.25, 0.3) is 11.5 Å². The minimum Gasteiger partial charge on any atom is -0.350 e. The van der Waals surface area contributed by atoms with Crippen LogP contribution in [0.3, 0.4) is 0 Å². The topological polar surface area (TPSA) is 88.0 Å². The van der Waals surface area contributed by atoms with Crippen LogP contribution in [0.4, 0.5) is 0 Å². The van der Waals surface area contributed by atoms with E-state index in [1.807, 2.05) is 0 Å². The molecule has 0 spiro atoms. The first-order valence-electron chi connectivity index (χ1n) is 4.32. The van der Waals surface area contributed by atoms with Crippen molar-refractivity contribution in [1.82, 2.24) is 10.3 Å². The van der Waals surface area contributed by atoms with Gasteiger partial charge in [-0.1, -0.05) is 0 Å². The summed E-state index contributed by atoms with van der Waals surface area (Å²) in [6.45, 7) is 2.13. The summed E-state index contributed by atoms with van der Waals surface area (Å²) in [5.74, 6) is -0.399. The van der Waals surface area contributed by atoms with Crippen molar-refractivity contribution < 1.29 is 4.79 Å². The molecule has 1 aromatic rings. The first kappa shape index (κ1) is 10.5. The number of carbonyl (C=O) groups excluding carboxylic acids is 1. The summed E-state index contributed by atoms with van der Waals surface area (Å²) in [6, 6.07) is 2.94. The second kappa shape index (κ2) is 4.57. The van der Waals surface area contributed by atoms with E-state index in [1.165, 1.54) is 12.3 Å². The highest BCUT2D eigenvalue weighted by Gasteiger charge is 2.08. The van der Waals surface area contributed by atoms with Gasteiger partial charge in [0.15, 0.2) is 0 Å². The van der Waals surface area contributed by atoms with Gasteiger partial charge in [0.1, 0.15) is 5.56 Å². The molecule has 0 radical (unpaired) electrons. The van der Waals surface area contributed by atoms with Gasteiger partial charge in [-0.2, -0.15) is 0 Å². The van der Waals surface area contributed by atoms with Crippen molar-refractivity contribution >= 4 is 5.91 Å². The van der Waals surface area contributed by atoms with Gasteiger partial charge in [-0.3, -0.25) is 9.59 Å². The van der Waals surface area contributed by atoms with Gasteiger partial charge in [0.05, 0.1) is 0 Å². The summed E-state index contributed by atoms with van der Waals surface area (Å²) in [5.41, 5.74) is 5.17. The number of carbonyl (C=O) groups is 1. The molecule has 4 N–H and O–H groups in total. The van der Waals surface area contributed by atoms with Crippen molar-refractivity contribution in [2.75, 3.05) is 6.54 Å². The minimum atomic E-state index is -0.399. The predicted octanol–water partition coefficient (Wildman–Crippen LogP) is -0.548. The number of rotatable bonds is 3. The maximum atomic E-state index is 11.4. The Kier molecular flexibility index (Phi) is 3.41. The monoisotopic (exact) mass is 195 g/mol. The molecule has 5 nitrogen and oxygen atoms in total. The van der Waals surface area contributed by atoms with E-state index >= 15 is 0 Å². The molecule has 14 heavy (non-hydrogen) atoms. The lowest BCUT2D eigenvalue weighted by molar-refractivity contribution is 0.0950. The molecule has 1 atom stereocenters. The van der Waals surface area contributed by atoms with Crippen molar-refractivity contribution in [3.05, 3.63) is 34.2 Å². The minimum absolute atomic E-state index is 0.105. The van der Waals surface area contributed by atoms with Crippen molar-refractivity contribution in [3.63, 3.8) is 0 Å². The van der Waals surface area contributed by atoms with E-state index in [4.69, 9.17) is 5.73 Å². The van der Waals surface area contributed by atoms with Crippen LogP contribution in [0.25, 0.3) is 0 Å². The quantitative estimate of drug-likeness (QED) is 0.604. The van der Waals surface area contributed by atoms with Crippen LogP contribution in [-0.4, -0.2) is 23.5 Å². The number of hydrogen-bond donors (Lipinski definition) is 3. The van der Waals surface area contributed by atoms with E-state index in [9.17, 15) is 9.59 Å². The number of H-pyrrole nitrogens is 1. The smallest absolute Gasteiger partial charge is 0.260 e. The second-order valence-corrected chi connectivity index (χ2v) is 3.10. The standard InChI is InChI=1S/C9H13N3O2/c1-6(10)5-12-9(14)7-3-2-4-11-8(7)13/h2-4,6H,5,10H2,1H3,(H,11,13)(H,12,14). The molecule has 0 saturated heterocycles. The first-order chi connectivity index (χ1) is 6.61. The summed E-state index contributed by atoms with van der Waals surface area (Å²) < 4.78 is 0. The molecule has 1 unspecified atom stereocenters. The first-order valence-corrected chi connectivity index (χ1v) is 4.32. The average Bonchev–Trinajstić information content (AvgIpc) is 2.15. The summed E-state index contributed by atoms with van der Waals surface area (Å²) in [6.07, 6.45) is 1.48. The Bertz CT molecular complexity index is 370. The number of amides is 1. The number of pyridine rings is 1. The predicted molar refractivity (Wildman–Crippen MR) is 53.0 cm³/mol. The molecule has 1 aromatic heterocycles. The number of nitrogens with two attached hydrogens (primary N) is 1. The highest BCUT2D eigenvalue weighted by atomic mass is 16.2. The molecular weight excluding hydrogens is 182 g/mol. The van der Waals surface area contributed by atoms with Crippen LogP contribution in [0.5, 0.6) is 0 Å². The lowest BCUT2D eigenvalue weighted by atomic mass is 10.2. The van der Waals surface area contributed by atoms with Gasteiger partial charge in [0, 0.05) is 18.8 Å². The van der Waals surface area contributed by atoms with Gasteiger partial charge >= 0.3 is 0 Å². The Hall–Kier alpha value is -1.62. The van der Waals surface area contributed by atoms with E-state index < -0.39 is 11.5 Å². The van der Waals surface area contributed by atoms with Crippen LogP contribution in [-0.2, 0) is 0 Å². The molecule has 0 bridgehead atoms. The molecular formula is C9H13N3O2. The highest BCUT2D eigenvalue weighted by Crippen LogP contribution is 1.88. The number of aromatic amines is 1. The molecule has 0 aliphatic heterocycles. The van der Waals surface area contributed by atoms with Gasteiger partial charge in [-0.15, -0.1) is 0 Å². The zero-order chi connectivity index (χ0) is 10.6. The Morgan fingerprint density at radius 3 is 3.00 bits per heavy atom. The molecule has 1 amide bonds. The zero-order valence-electron chi connectivity index (χ0n) is 7.91. The van der Waals surface area contributed by atoms with E-state index in [0.717, 1.165) is 0 Å². The van der Waals surface area contributed by atoms with Crippen LogP contribution in [0.1, 0.15) is 17.3 Å². The molecule has 5 heteroatoms. The lowest BCUT2D eigenvalue weighted by Crippen LogP contribution is -2.37. The molecule has 0 aromatic carbocycles. The fraction of sp³-hybridized carbons (Fsp3) is 0.333. The summed E-state index contributed by atoms with van der Waals surface area (Å²) >= 11 is 0. The normalized spacial score (nSPS) is 12.1.